The lowest BCUT2D eigenvalue weighted by molar-refractivity contribution is -0.133. The van der Waals surface area contributed by atoms with E-state index in [1.54, 1.807) is 13.0 Å². The molecule has 1 saturated carbocycles. The number of aliphatic hydroxyl groups excluding tert-OH is 1. The van der Waals surface area contributed by atoms with Gasteiger partial charge in [-0.2, -0.15) is 0 Å². The van der Waals surface area contributed by atoms with Crippen LogP contribution >= 0.6 is 0 Å². The summed E-state index contributed by atoms with van der Waals surface area (Å²) < 4.78 is 11.4. The summed E-state index contributed by atoms with van der Waals surface area (Å²) in [5.74, 6) is 1.33. The van der Waals surface area contributed by atoms with Gasteiger partial charge in [-0.05, 0) is 37.8 Å². The van der Waals surface area contributed by atoms with Crippen LogP contribution in [0.2, 0.25) is 0 Å². The maximum absolute atomic E-state index is 12.1. The Labute approximate surface area is 117 Å². The minimum Gasteiger partial charge on any atom is -0.482 e. The van der Waals surface area contributed by atoms with Gasteiger partial charge >= 0.3 is 0 Å². The molecule has 3 rings (SSSR count). The maximum Gasteiger partial charge on any atom is 0.265 e. The standard InChI is InChI=1S/C15H19NO4/c1-9-14(15(18)16-8-11(17)10-6-7-10)20-13-5-3-2-4-12(13)19-9/h2-5,9-11,14,17H,6-8H2,1H3,(H,16,18). The van der Waals surface area contributed by atoms with Crippen LogP contribution in [-0.2, 0) is 4.79 Å². The molecule has 3 atom stereocenters. The Morgan fingerprint density at radius 1 is 1.35 bits per heavy atom. The van der Waals surface area contributed by atoms with Crippen LogP contribution in [0.3, 0.4) is 0 Å². The third-order valence-electron chi connectivity index (χ3n) is 3.75. The quantitative estimate of drug-likeness (QED) is 0.865. The number of nitrogens with one attached hydrogen (secondary N) is 1. The predicted octanol–water partition coefficient (Wildman–Crippen LogP) is 1.10. The minimum atomic E-state index is -0.684. The van der Waals surface area contributed by atoms with Gasteiger partial charge in [0.1, 0.15) is 6.10 Å². The minimum absolute atomic E-state index is 0.244. The molecule has 0 aromatic heterocycles. The highest BCUT2D eigenvalue weighted by atomic mass is 16.6. The zero-order valence-corrected chi connectivity index (χ0v) is 11.4. The monoisotopic (exact) mass is 277 g/mol. The highest BCUT2D eigenvalue weighted by Gasteiger charge is 2.35. The van der Waals surface area contributed by atoms with E-state index in [0.29, 0.717) is 17.4 Å². The molecule has 1 heterocycles. The SMILES string of the molecule is CC1Oc2ccccc2OC1C(=O)NCC(O)C1CC1. The summed E-state index contributed by atoms with van der Waals surface area (Å²) in [6, 6.07) is 7.29. The fourth-order valence-corrected chi connectivity index (χ4v) is 2.36. The fraction of sp³-hybridized carbons (Fsp3) is 0.533. The first-order valence-corrected chi connectivity index (χ1v) is 7.03. The first-order valence-electron chi connectivity index (χ1n) is 7.03. The van der Waals surface area contributed by atoms with Crippen molar-refractivity contribution in [2.24, 2.45) is 5.92 Å². The van der Waals surface area contributed by atoms with Gasteiger partial charge in [0, 0.05) is 6.54 Å². The summed E-state index contributed by atoms with van der Waals surface area (Å²) in [5, 5.41) is 12.5. The molecule has 5 heteroatoms. The second kappa shape index (κ2) is 5.32. The van der Waals surface area contributed by atoms with E-state index >= 15 is 0 Å². The van der Waals surface area contributed by atoms with Crippen molar-refractivity contribution in [1.82, 2.24) is 5.32 Å². The van der Waals surface area contributed by atoms with E-state index in [1.165, 1.54) is 0 Å². The normalized spacial score (nSPS) is 25.9. The average Bonchev–Trinajstić information content (AvgIpc) is 3.28. The van der Waals surface area contributed by atoms with E-state index in [4.69, 9.17) is 9.47 Å². The van der Waals surface area contributed by atoms with Crippen molar-refractivity contribution in [3.05, 3.63) is 24.3 Å². The molecule has 2 N–H and O–H groups in total. The van der Waals surface area contributed by atoms with Gasteiger partial charge in [0.05, 0.1) is 6.10 Å². The van der Waals surface area contributed by atoms with Gasteiger partial charge in [0.15, 0.2) is 11.5 Å². The van der Waals surface area contributed by atoms with E-state index in [-0.39, 0.29) is 18.6 Å². The number of aliphatic hydroxyl groups is 1. The highest BCUT2D eigenvalue weighted by molar-refractivity contribution is 5.82. The summed E-state index contributed by atoms with van der Waals surface area (Å²) >= 11 is 0. The Morgan fingerprint density at radius 3 is 2.65 bits per heavy atom. The molecule has 1 fully saturated rings. The Balaban J connectivity index is 1.60. The van der Waals surface area contributed by atoms with Crippen LogP contribution in [0.5, 0.6) is 11.5 Å². The van der Waals surface area contributed by atoms with E-state index < -0.39 is 12.2 Å². The summed E-state index contributed by atoms with van der Waals surface area (Å²) in [7, 11) is 0. The van der Waals surface area contributed by atoms with Crippen LogP contribution in [0.4, 0.5) is 0 Å². The summed E-state index contributed by atoms with van der Waals surface area (Å²) in [6.07, 6.45) is 0.596. The largest absolute Gasteiger partial charge is 0.482 e. The van der Waals surface area contributed by atoms with E-state index in [2.05, 4.69) is 5.32 Å². The van der Waals surface area contributed by atoms with Gasteiger partial charge in [-0.3, -0.25) is 4.79 Å². The molecule has 108 valence electrons. The average molecular weight is 277 g/mol. The fourth-order valence-electron chi connectivity index (χ4n) is 2.36. The number of amides is 1. The van der Waals surface area contributed by atoms with Crippen molar-refractivity contribution < 1.29 is 19.4 Å². The molecule has 1 aliphatic heterocycles. The molecular weight excluding hydrogens is 258 g/mol. The number of rotatable bonds is 4. The van der Waals surface area contributed by atoms with Gasteiger partial charge in [-0.25, -0.2) is 0 Å². The lowest BCUT2D eigenvalue weighted by Gasteiger charge is -2.31. The summed E-state index contributed by atoms with van der Waals surface area (Å²) in [4.78, 5) is 12.1. The van der Waals surface area contributed by atoms with Crippen LogP contribution in [0.15, 0.2) is 24.3 Å². The summed E-state index contributed by atoms with van der Waals surface area (Å²) in [6.45, 7) is 2.08. The van der Waals surface area contributed by atoms with Crippen molar-refractivity contribution in [3.63, 3.8) is 0 Å². The van der Waals surface area contributed by atoms with Crippen molar-refractivity contribution >= 4 is 5.91 Å². The van der Waals surface area contributed by atoms with Crippen LogP contribution in [0.1, 0.15) is 19.8 Å². The topological polar surface area (TPSA) is 67.8 Å². The predicted molar refractivity (Wildman–Crippen MR) is 72.7 cm³/mol. The molecule has 2 aliphatic rings. The molecule has 0 bridgehead atoms. The van der Waals surface area contributed by atoms with E-state index in [0.717, 1.165) is 12.8 Å². The molecule has 0 radical (unpaired) electrons. The molecular formula is C15H19NO4. The van der Waals surface area contributed by atoms with Gasteiger partial charge in [-0.1, -0.05) is 12.1 Å². The van der Waals surface area contributed by atoms with Crippen LogP contribution in [0, 0.1) is 5.92 Å². The lowest BCUT2D eigenvalue weighted by atomic mass is 10.1. The molecule has 1 amide bonds. The first kappa shape index (κ1) is 13.2. The smallest absolute Gasteiger partial charge is 0.265 e. The van der Waals surface area contributed by atoms with Crippen LogP contribution < -0.4 is 14.8 Å². The number of ether oxygens (including phenoxy) is 2. The van der Waals surface area contributed by atoms with Crippen LogP contribution in [0.25, 0.3) is 0 Å². The maximum atomic E-state index is 12.1. The number of benzene rings is 1. The zero-order valence-electron chi connectivity index (χ0n) is 11.4. The molecule has 0 spiro atoms. The van der Waals surface area contributed by atoms with Crippen molar-refractivity contribution in [2.75, 3.05) is 6.54 Å². The second-order valence-electron chi connectivity index (χ2n) is 5.46. The molecule has 1 aromatic carbocycles. The third kappa shape index (κ3) is 2.72. The van der Waals surface area contributed by atoms with Gasteiger partial charge in [0.25, 0.3) is 5.91 Å². The third-order valence-corrected chi connectivity index (χ3v) is 3.75. The van der Waals surface area contributed by atoms with E-state index in [1.807, 2.05) is 18.2 Å². The number of hydrogen-bond donors (Lipinski definition) is 2. The number of para-hydroxylation sites is 2. The van der Waals surface area contributed by atoms with Gasteiger partial charge < -0.3 is 19.9 Å². The van der Waals surface area contributed by atoms with Gasteiger partial charge in [-0.15, -0.1) is 0 Å². The Hall–Kier alpha value is -1.75. The van der Waals surface area contributed by atoms with Crippen molar-refractivity contribution in [1.29, 1.82) is 0 Å². The Bertz CT molecular complexity index is 500. The number of fused-ring (bicyclic) bond motifs is 1. The molecule has 3 unspecified atom stereocenters. The zero-order chi connectivity index (χ0) is 14.1. The molecule has 1 aromatic rings. The summed E-state index contributed by atoms with van der Waals surface area (Å²) in [5.41, 5.74) is 0. The highest BCUT2D eigenvalue weighted by Crippen LogP contribution is 2.34. The molecule has 0 saturated heterocycles. The van der Waals surface area contributed by atoms with E-state index in [9.17, 15) is 9.90 Å². The van der Waals surface area contributed by atoms with Crippen molar-refractivity contribution in [2.45, 2.75) is 38.1 Å². The number of carbonyl (C=O) groups excluding carboxylic acids is 1. The Morgan fingerprint density at radius 2 is 2.00 bits per heavy atom. The Kier molecular flexibility index (Phi) is 3.53. The van der Waals surface area contributed by atoms with Crippen molar-refractivity contribution in [3.8, 4) is 11.5 Å². The second-order valence-corrected chi connectivity index (χ2v) is 5.46. The first-order chi connectivity index (χ1) is 9.65. The number of carbonyl (C=O) groups is 1. The molecule has 1 aliphatic carbocycles. The van der Waals surface area contributed by atoms with Crippen LogP contribution in [-0.4, -0.2) is 35.9 Å². The number of hydrogen-bond acceptors (Lipinski definition) is 4. The molecule has 20 heavy (non-hydrogen) atoms. The molecule has 5 nitrogen and oxygen atoms in total. The lowest BCUT2D eigenvalue weighted by Crippen LogP contribution is -2.50. The van der Waals surface area contributed by atoms with Gasteiger partial charge in [0.2, 0.25) is 6.10 Å².